The number of hydrogen-bond donors (Lipinski definition) is 1. The number of benzene rings is 2. The van der Waals surface area contributed by atoms with Gasteiger partial charge in [-0.15, -0.1) is 10.2 Å². The Morgan fingerprint density at radius 1 is 1.08 bits per heavy atom. The second kappa shape index (κ2) is 13.3. The first-order valence-corrected chi connectivity index (χ1v) is 18.6. The van der Waals surface area contributed by atoms with E-state index in [1.807, 2.05) is 37.3 Å². The minimum atomic E-state index is -3.94. The third-order valence-corrected chi connectivity index (χ3v) is 10.0. The van der Waals surface area contributed by atoms with E-state index in [0.717, 1.165) is 20.1 Å². The molecular weight excluding hydrogens is 671 g/mol. The number of hydrogen-bond acceptors (Lipinski definition) is 11. The number of aromatic nitrogens is 4. The van der Waals surface area contributed by atoms with Crippen molar-refractivity contribution in [2.75, 3.05) is 25.1 Å². The molecule has 260 valence electrons. The monoisotopic (exact) mass is 709 g/mol. The Bertz CT molecular complexity index is 2100. The van der Waals surface area contributed by atoms with Crippen molar-refractivity contribution < 1.29 is 30.8 Å². The van der Waals surface area contributed by atoms with Gasteiger partial charge in [-0.1, -0.05) is 37.3 Å². The second-order valence-corrected chi connectivity index (χ2v) is 16.7. The molecule has 0 radical (unpaired) electrons. The van der Waals surface area contributed by atoms with E-state index in [9.17, 15) is 21.6 Å². The van der Waals surface area contributed by atoms with Gasteiger partial charge in [-0.2, -0.15) is 12.7 Å². The molecule has 4 aromatic rings. The molecule has 0 aliphatic carbocycles. The third-order valence-electron chi connectivity index (χ3n) is 7.68. The summed E-state index contributed by atoms with van der Waals surface area (Å²) in [5.41, 5.74) is -0.271. The van der Waals surface area contributed by atoms with E-state index in [2.05, 4.69) is 24.9 Å². The van der Waals surface area contributed by atoms with E-state index < -0.39 is 49.2 Å². The molecule has 16 heteroatoms. The molecule has 0 bridgehead atoms. The number of carbonyl (C=O) groups excluding carboxylic acids is 1. The molecule has 1 N–H and O–H groups in total. The van der Waals surface area contributed by atoms with Gasteiger partial charge in [0.2, 0.25) is 21.8 Å². The molecule has 5 rings (SSSR count). The largest absolute Gasteiger partial charge is 0.458 e. The number of esters is 1. The lowest BCUT2D eigenvalue weighted by atomic mass is 9.72. The van der Waals surface area contributed by atoms with E-state index in [0.29, 0.717) is 11.1 Å². The number of nitrogens with zero attached hydrogens (tertiary/aromatic N) is 6. The van der Waals surface area contributed by atoms with E-state index in [-0.39, 0.29) is 29.7 Å². The molecule has 3 atom stereocenters. The van der Waals surface area contributed by atoms with Gasteiger partial charge >= 0.3 is 16.2 Å². The molecule has 3 unspecified atom stereocenters. The summed E-state index contributed by atoms with van der Waals surface area (Å²) in [7, 11) is -4.84. The first kappa shape index (κ1) is 35.6. The summed E-state index contributed by atoms with van der Waals surface area (Å²) in [4.78, 5) is 22.7. The van der Waals surface area contributed by atoms with Crippen LogP contribution in [-0.4, -0.2) is 84.0 Å². The van der Waals surface area contributed by atoms with Gasteiger partial charge in [-0.3, -0.25) is 9.71 Å². The van der Waals surface area contributed by atoms with Gasteiger partial charge in [-0.25, -0.2) is 22.2 Å². The minimum absolute atomic E-state index is 0.0679. The van der Waals surface area contributed by atoms with Crippen LogP contribution in [-0.2, 0) is 36.2 Å². The highest BCUT2D eigenvalue weighted by Gasteiger charge is 2.51. The van der Waals surface area contributed by atoms with Crippen molar-refractivity contribution in [2.45, 2.75) is 57.1 Å². The van der Waals surface area contributed by atoms with Crippen molar-refractivity contribution in [1.82, 2.24) is 23.5 Å². The molecule has 1 aliphatic rings. The Morgan fingerprint density at radius 2 is 1.80 bits per heavy atom. The standard InChI is InChI=1S/C33H39N7O7S2/c1-22(28(24-12-9-8-10-13-24)33(14-11-15-35-33)31(41)47-32(2,3)4)30-37-36-27(46-30)20-23-18-25(21-26(19-23)38-48(7,42)43)29-34-16-17-40(29)49(44,45)39(5)6/h8-19,21-22,28,38H,20H2,1-7H3. The average Bonchev–Trinajstić information content (AvgIpc) is 3.78. The van der Waals surface area contributed by atoms with Gasteiger partial charge in [0.15, 0.2) is 11.4 Å². The summed E-state index contributed by atoms with van der Waals surface area (Å²) in [6.45, 7) is 7.27. The molecule has 49 heavy (non-hydrogen) atoms. The first-order valence-electron chi connectivity index (χ1n) is 15.3. The van der Waals surface area contributed by atoms with Crippen LogP contribution >= 0.6 is 0 Å². The van der Waals surface area contributed by atoms with E-state index in [4.69, 9.17) is 9.15 Å². The maximum atomic E-state index is 13.8. The molecule has 0 amide bonds. The molecule has 0 fully saturated rings. The van der Waals surface area contributed by atoms with Crippen molar-refractivity contribution >= 4 is 38.1 Å². The zero-order valence-corrected chi connectivity index (χ0v) is 29.9. The first-order chi connectivity index (χ1) is 22.9. The van der Waals surface area contributed by atoms with E-state index in [1.54, 1.807) is 51.3 Å². The van der Waals surface area contributed by atoms with Gasteiger partial charge in [0.25, 0.3) is 0 Å². The highest BCUT2D eigenvalue weighted by atomic mass is 32.2. The molecule has 14 nitrogen and oxygen atoms in total. The number of sulfonamides is 1. The highest BCUT2D eigenvalue weighted by molar-refractivity contribution is 7.92. The van der Waals surface area contributed by atoms with Crippen molar-refractivity contribution in [3.05, 3.63) is 96.0 Å². The number of aliphatic imine (C=N–C) groups is 1. The maximum absolute atomic E-state index is 13.8. The van der Waals surface area contributed by atoms with Crippen molar-refractivity contribution in [3.63, 3.8) is 0 Å². The lowest BCUT2D eigenvalue weighted by Gasteiger charge is -2.36. The Kier molecular flexibility index (Phi) is 9.69. The van der Waals surface area contributed by atoms with Crippen LogP contribution in [0.3, 0.4) is 0 Å². The Morgan fingerprint density at radius 3 is 2.41 bits per heavy atom. The summed E-state index contributed by atoms with van der Waals surface area (Å²) < 4.78 is 66.9. The second-order valence-electron chi connectivity index (χ2n) is 13.0. The molecule has 1 aliphatic heterocycles. The molecule has 0 spiro atoms. The summed E-state index contributed by atoms with van der Waals surface area (Å²) >= 11 is 0. The molecule has 2 aromatic carbocycles. The molecular formula is C33H39N7O7S2. The van der Waals surface area contributed by atoms with Gasteiger partial charge in [0.05, 0.1) is 12.7 Å². The number of imidazole rings is 1. The van der Waals surface area contributed by atoms with Gasteiger partial charge in [-0.05, 0) is 62.2 Å². The third kappa shape index (κ3) is 7.81. The molecule has 3 heterocycles. The fourth-order valence-corrected chi connectivity index (χ4v) is 7.14. The maximum Gasteiger partial charge on any atom is 0.339 e. The number of ether oxygens (including phenoxy) is 1. The summed E-state index contributed by atoms with van der Waals surface area (Å²) in [5.74, 6) is -1.08. The topological polar surface area (TPSA) is 179 Å². The smallest absolute Gasteiger partial charge is 0.339 e. The van der Waals surface area contributed by atoms with Crippen LogP contribution in [0.1, 0.15) is 62.4 Å². The fraction of sp³-hybridized carbons (Fsp3) is 0.364. The van der Waals surface area contributed by atoms with Crippen molar-refractivity contribution in [3.8, 4) is 11.4 Å². The molecule has 0 saturated heterocycles. The summed E-state index contributed by atoms with van der Waals surface area (Å²) in [6.07, 6.45) is 8.76. The quantitative estimate of drug-likeness (QED) is 0.210. The van der Waals surface area contributed by atoms with Crippen LogP contribution in [0.25, 0.3) is 11.4 Å². The summed E-state index contributed by atoms with van der Waals surface area (Å²) in [6, 6.07) is 14.2. The number of anilines is 1. The van der Waals surface area contributed by atoms with E-state index in [1.165, 1.54) is 32.6 Å². The van der Waals surface area contributed by atoms with Crippen LogP contribution in [0, 0.1) is 0 Å². The lowest BCUT2D eigenvalue weighted by Crippen LogP contribution is -2.46. The van der Waals surface area contributed by atoms with Gasteiger partial charge in [0, 0.05) is 55.8 Å². The zero-order valence-electron chi connectivity index (χ0n) is 28.2. The number of carbonyl (C=O) groups is 1. The number of rotatable bonds is 12. The van der Waals surface area contributed by atoms with Crippen molar-refractivity contribution in [2.24, 2.45) is 4.99 Å². The van der Waals surface area contributed by atoms with Crippen LogP contribution in [0.2, 0.25) is 0 Å². The number of nitrogens with one attached hydrogen (secondary N) is 1. The summed E-state index contributed by atoms with van der Waals surface area (Å²) in [5, 5.41) is 8.65. The fourth-order valence-electron chi connectivity index (χ4n) is 5.67. The van der Waals surface area contributed by atoms with Gasteiger partial charge in [0.1, 0.15) is 5.60 Å². The Labute approximate surface area is 286 Å². The zero-order chi connectivity index (χ0) is 35.8. The molecule has 0 saturated carbocycles. The van der Waals surface area contributed by atoms with Crippen LogP contribution in [0.5, 0.6) is 0 Å². The lowest BCUT2D eigenvalue weighted by molar-refractivity contribution is -0.160. The van der Waals surface area contributed by atoms with Crippen molar-refractivity contribution in [1.29, 1.82) is 0 Å². The SMILES string of the molecule is CC(c1nnc(Cc2cc(NS(C)(=O)=O)cc(-c3nccn3S(=O)(=O)N(C)C)c2)o1)C(c1ccccc1)C1(C(=O)OC(C)(C)C)C=CC=N1. The molecule has 2 aromatic heterocycles. The highest BCUT2D eigenvalue weighted by Crippen LogP contribution is 2.46. The predicted molar refractivity (Wildman–Crippen MR) is 185 cm³/mol. The Balaban J connectivity index is 1.53. The predicted octanol–water partition coefficient (Wildman–Crippen LogP) is 4.16. The normalized spacial score (nSPS) is 17.7. The number of allylic oxidation sites excluding steroid dienone is 1. The van der Waals surface area contributed by atoms with Crippen LogP contribution in [0.4, 0.5) is 5.69 Å². The Hall–Kier alpha value is -4.67. The average molecular weight is 710 g/mol. The minimum Gasteiger partial charge on any atom is -0.458 e. The van der Waals surface area contributed by atoms with Crippen LogP contribution < -0.4 is 4.72 Å². The van der Waals surface area contributed by atoms with Gasteiger partial charge < -0.3 is 9.15 Å². The van der Waals surface area contributed by atoms with Crippen LogP contribution in [0.15, 0.2) is 82.5 Å². The van der Waals surface area contributed by atoms with E-state index >= 15 is 0 Å².